The molecule has 0 radical (unpaired) electrons. The molecule has 2 atom stereocenters. The van der Waals surface area contributed by atoms with Crippen LogP contribution in [0.5, 0.6) is 5.75 Å². The fourth-order valence-corrected chi connectivity index (χ4v) is 4.26. The molecule has 176 valence electrons. The molecule has 0 bridgehead atoms. The van der Waals surface area contributed by atoms with Gasteiger partial charge in [-0.15, -0.1) is 0 Å². The minimum Gasteiger partial charge on any atom is -0.491 e. The fraction of sp³-hybridized carbons (Fsp3) is 0.350. The Hall–Kier alpha value is -2.57. The van der Waals surface area contributed by atoms with Crippen molar-refractivity contribution in [2.24, 2.45) is 5.92 Å². The normalized spacial score (nSPS) is 22.8. The SMILES string of the molecule is O=C(Nc1cc(S(F)(F)(F)(F)F)ccc1OCC1COC1)N[C@@H]1Cc2ccccc2[C@@H]1O. The van der Waals surface area contributed by atoms with Crippen molar-refractivity contribution in [3.05, 3.63) is 53.6 Å². The molecule has 4 rings (SSSR count). The summed E-state index contributed by atoms with van der Waals surface area (Å²) in [6.45, 7) is 0.905. The first-order valence-corrected chi connectivity index (χ1v) is 11.7. The van der Waals surface area contributed by atoms with Crippen molar-refractivity contribution < 1.29 is 38.8 Å². The van der Waals surface area contributed by atoms with E-state index in [-0.39, 0.29) is 30.4 Å². The van der Waals surface area contributed by atoms with Crippen LogP contribution in [-0.4, -0.2) is 37.0 Å². The topological polar surface area (TPSA) is 79.8 Å². The third kappa shape index (κ3) is 4.92. The summed E-state index contributed by atoms with van der Waals surface area (Å²) in [5.41, 5.74) is 0.894. The number of urea groups is 1. The van der Waals surface area contributed by atoms with Gasteiger partial charge in [-0.05, 0) is 35.7 Å². The zero-order valence-corrected chi connectivity index (χ0v) is 17.4. The lowest BCUT2D eigenvalue weighted by atomic mass is 10.1. The Morgan fingerprint density at radius 1 is 1.12 bits per heavy atom. The second-order valence-corrected chi connectivity index (χ2v) is 10.3. The summed E-state index contributed by atoms with van der Waals surface area (Å²) in [5.74, 6) is -0.174. The number of hydrogen-bond donors (Lipinski definition) is 3. The first-order valence-electron chi connectivity index (χ1n) is 9.72. The summed E-state index contributed by atoms with van der Waals surface area (Å²) in [5, 5.41) is 15.0. The minimum atomic E-state index is -9.98. The number of ether oxygens (including phenoxy) is 2. The highest BCUT2D eigenvalue weighted by Crippen LogP contribution is 3.02. The van der Waals surface area contributed by atoms with Gasteiger partial charge in [-0.2, -0.15) is 0 Å². The van der Waals surface area contributed by atoms with Crippen LogP contribution in [0, 0.1) is 5.92 Å². The van der Waals surface area contributed by atoms with E-state index in [1.165, 1.54) is 0 Å². The summed E-state index contributed by atoms with van der Waals surface area (Å²) >= 11 is 0. The third-order valence-electron chi connectivity index (χ3n) is 5.34. The van der Waals surface area contributed by atoms with E-state index in [1.807, 2.05) is 0 Å². The van der Waals surface area contributed by atoms with E-state index in [0.717, 1.165) is 11.6 Å². The molecule has 0 saturated carbocycles. The Morgan fingerprint density at radius 3 is 2.47 bits per heavy atom. The Kier molecular flexibility index (Phi) is 5.10. The van der Waals surface area contributed by atoms with E-state index >= 15 is 0 Å². The molecular formula is C20H21F5N2O4S. The lowest BCUT2D eigenvalue weighted by Gasteiger charge is -2.40. The number of rotatable bonds is 6. The van der Waals surface area contributed by atoms with E-state index in [1.54, 1.807) is 24.3 Å². The van der Waals surface area contributed by atoms with Crippen molar-refractivity contribution in [3.63, 3.8) is 0 Å². The van der Waals surface area contributed by atoms with Gasteiger partial charge in [-0.25, -0.2) is 4.79 Å². The van der Waals surface area contributed by atoms with E-state index in [9.17, 15) is 29.3 Å². The Labute approximate surface area is 180 Å². The quantitative estimate of drug-likeness (QED) is 0.500. The molecular weight excluding hydrogens is 459 g/mol. The molecule has 6 nitrogen and oxygen atoms in total. The molecule has 1 saturated heterocycles. The highest BCUT2D eigenvalue weighted by atomic mass is 32.5. The number of benzene rings is 2. The van der Waals surface area contributed by atoms with Gasteiger partial charge >= 0.3 is 16.3 Å². The predicted octanol–water partition coefficient (Wildman–Crippen LogP) is 5.15. The first-order chi connectivity index (χ1) is 14.8. The van der Waals surface area contributed by atoms with Crippen molar-refractivity contribution in [2.75, 3.05) is 25.1 Å². The van der Waals surface area contributed by atoms with Crippen molar-refractivity contribution in [1.29, 1.82) is 0 Å². The van der Waals surface area contributed by atoms with Gasteiger partial charge in [0.25, 0.3) is 0 Å². The van der Waals surface area contributed by atoms with Crippen LogP contribution < -0.4 is 15.4 Å². The lowest BCUT2D eigenvalue weighted by molar-refractivity contribution is -0.0507. The van der Waals surface area contributed by atoms with E-state index in [2.05, 4.69) is 10.6 Å². The number of halogens is 5. The molecule has 2 aromatic carbocycles. The van der Waals surface area contributed by atoms with Crippen molar-refractivity contribution >= 4 is 21.9 Å². The van der Waals surface area contributed by atoms with Crippen LogP contribution in [0.1, 0.15) is 17.2 Å². The molecule has 2 amide bonds. The zero-order chi connectivity index (χ0) is 23.2. The van der Waals surface area contributed by atoms with Gasteiger partial charge < -0.3 is 25.2 Å². The average molecular weight is 480 g/mol. The maximum Gasteiger partial charge on any atom is 0.319 e. The Bertz CT molecular complexity index is 1050. The van der Waals surface area contributed by atoms with Crippen LogP contribution in [0.4, 0.5) is 29.9 Å². The summed E-state index contributed by atoms with van der Waals surface area (Å²) in [6, 6.07) is 6.44. The van der Waals surface area contributed by atoms with E-state index in [4.69, 9.17) is 9.47 Å². The Balaban J connectivity index is 1.53. The van der Waals surface area contributed by atoms with Crippen molar-refractivity contribution in [3.8, 4) is 5.75 Å². The summed E-state index contributed by atoms with van der Waals surface area (Å²) in [6.07, 6.45) is -0.705. The number of amides is 2. The molecule has 3 N–H and O–H groups in total. The molecule has 32 heavy (non-hydrogen) atoms. The molecule has 0 unspecified atom stereocenters. The largest absolute Gasteiger partial charge is 0.491 e. The van der Waals surface area contributed by atoms with Crippen LogP contribution in [0.3, 0.4) is 0 Å². The van der Waals surface area contributed by atoms with Gasteiger partial charge in [0.1, 0.15) is 10.6 Å². The van der Waals surface area contributed by atoms with Crippen LogP contribution in [0.25, 0.3) is 0 Å². The minimum absolute atomic E-state index is 0.0131. The van der Waals surface area contributed by atoms with Crippen LogP contribution in [0.2, 0.25) is 0 Å². The zero-order valence-electron chi connectivity index (χ0n) is 16.6. The number of hydrogen-bond acceptors (Lipinski definition) is 4. The smallest absolute Gasteiger partial charge is 0.319 e. The summed E-state index contributed by atoms with van der Waals surface area (Å²) in [4.78, 5) is 10.3. The molecule has 12 heteroatoms. The number of carbonyl (C=O) groups is 1. The van der Waals surface area contributed by atoms with Gasteiger partial charge in [-0.3, -0.25) is 0 Å². The molecule has 2 aliphatic rings. The fourth-order valence-electron chi connectivity index (χ4n) is 3.59. The Morgan fingerprint density at radius 2 is 1.84 bits per heavy atom. The van der Waals surface area contributed by atoms with Crippen LogP contribution in [0.15, 0.2) is 47.4 Å². The molecule has 2 aromatic rings. The second-order valence-electron chi connectivity index (χ2n) is 7.89. The predicted molar refractivity (Wildman–Crippen MR) is 109 cm³/mol. The monoisotopic (exact) mass is 480 g/mol. The van der Waals surface area contributed by atoms with Gasteiger partial charge in [0.15, 0.2) is 0 Å². The molecule has 1 fully saturated rings. The average Bonchev–Trinajstić information content (AvgIpc) is 2.95. The first kappa shape index (κ1) is 22.6. The van der Waals surface area contributed by atoms with Gasteiger partial charge in [0, 0.05) is 5.92 Å². The number of carbonyl (C=O) groups excluding carboxylic acids is 1. The van der Waals surface area contributed by atoms with Gasteiger partial charge in [-0.1, -0.05) is 43.7 Å². The number of aliphatic hydroxyl groups excluding tert-OH is 1. The van der Waals surface area contributed by atoms with Crippen LogP contribution in [-0.2, 0) is 11.2 Å². The molecule has 1 heterocycles. The van der Waals surface area contributed by atoms with E-state index < -0.39 is 39.0 Å². The van der Waals surface area contributed by atoms with E-state index in [0.29, 0.717) is 25.2 Å². The van der Waals surface area contributed by atoms with Crippen molar-refractivity contribution in [1.82, 2.24) is 5.32 Å². The standard InChI is InChI=1S/C20H21F5N2O4S/c21-32(22,23,24,25)14-5-6-18(31-11-12-9-30-10-12)16(8-14)26-20(29)27-17-7-13-3-1-2-4-15(13)19(17)28/h1-6,8,12,17,19,28H,7,9-11H2,(H2,26,27,29)/t17-,19+/m1/s1. The number of anilines is 1. The molecule has 0 aromatic heterocycles. The van der Waals surface area contributed by atoms with Crippen LogP contribution >= 0.6 is 10.2 Å². The highest BCUT2D eigenvalue weighted by molar-refractivity contribution is 8.45. The third-order valence-corrected chi connectivity index (χ3v) is 6.48. The number of aliphatic hydroxyl groups is 1. The molecule has 1 aliphatic heterocycles. The lowest BCUT2D eigenvalue weighted by Crippen LogP contribution is -2.40. The summed E-state index contributed by atoms with van der Waals surface area (Å²) < 4.78 is 76.9. The second kappa shape index (κ2) is 7.22. The molecule has 1 aliphatic carbocycles. The van der Waals surface area contributed by atoms with Gasteiger partial charge in [0.2, 0.25) is 0 Å². The summed E-state index contributed by atoms with van der Waals surface area (Å²) in [7, 11) is -9.98. The maximum absolute atomic E-state index is 13.3. The number of fused-ring (bicyclic) bond motifs is 1. The van der Waals surface area contributed by atoms with Crippen molar-refractivity contribution in [2.45, 2.75) is 23.5 Å². The number of nitrogens with one attached hydrogen (secondary N) is 2. The molecule has 0 spiro atoms. The maximum atomic E-state index is 13.3. The highest BCUT2D eigenvalue weighted by Gasteiger charge is 2.65. The van der Waals surface area contributed by atoms with Gasteiger partial charge in [0.05, 0.1) is 37.7 Å².